The first-order valence-corrected chi connectivity index (χ1v) is 6.52. The highest BCUT2D eigenvalue weighted by molar-refractivity contribution is 7.80. The van der Waals surface area contributed by atoms with Crippen molar-refractivity contribution in [3.05, 3.63) is 63.4 Å². The van der Waals surface area contributed by atoms with Crippen LogP contribution in [0.15, 0.2) is 42.5 Å². The van der Waals surface area contributed by atoms with E-state index in [1.807, 2.05) is 0 Å². The molecule has 0 saturated heterocycles. The van der Waals surface area contributed by atoms with Gasteiger partial charge in [0.2, 0.25) is 0 Å². The Labute approximate surface area is 129 Å². The van der Waals surface area contributed by atoms with Crippen LogP contribution in [0.25, 0.3) is 0 Å². The van der Waals surface area contributed by atoms with Crippen molar-refractivity contribution in [1.29, 1.82) is 0 Å². The van der Waals surface area contributed by atoms with E-state index >= 15 is 0 Å². The second-order valence-electron chi connectivity index (χ2n) is 4.01. The molecule has 0 aromatic heterocycles. The molecule has 0 saturated carbocycles. The van der Waals surface area contributed by atoms with Gasteiger partial charge in [0.1, 0.15) is 5.82 Å². The van der Waals surface area contributed by atoms with Gasteiger partial charge in [-0.15, -0.1) is 0 Å². The molecule has 2 rings (SSSR count). The van der Waals surface area contributed by atoms with Crippen LogP contribution < -0.4 is 10.6 Å². The fraction of sp³-hybridized carbons (Fsp3) is 0. The lowest BCUT2D eigenvalue weighted by Gasteiger charge is -2.11. The van der Waals surface area contributed by atoms with Gasteiger partial charge in [0.15, 0.2) is 5.11 Å². The van der Waals surface area contributed by atoms with E-state index in [4.69, 9.17) is 23.8 Å². The van der Waals surface area contributed by atoms with E-state index in [0.29, 0.717) is 16.4 Å². The zero-order valence-corrected chi connectivity index (χ0v) is 12.0. The second-order valence-corrected chi connectivity index (χ2v) is 4.82. The SMILES string of the molecule is O=[N+]([O-])c1ccc(Cl)c(NC(=S)Nc2ccc(F)cc2)c1. The van der Waals surface area contributed by atoms with E-state index in [-0.39, 0.29) is 16.6 Å². The number of thiocarbonyl (C=S) groups is 1. The summed E-state index contributed by atoms with van der Waals surface area (Å²) in [5.41, 5.74) is 0.785. The van der Waals surface area contributed by atoms with Crippen molar-refractivity contribution in [2.75, 3.05) is 10.6 Å². The van der Waals surface area contributed by atoms with Gasteiger partial charge in [-0.05, 0) is 42.5 Å². The molecule has 0 fully saturated rings. The summed E-state index contributed by atoms with van der Waals surface area (Å²) in [5.74, 6) is -0.360. The highest BCUT2D eigenvalue weighted by Crippen LogP contribution is 2.26. The van der Waals surface area contributed by atoms with Crippen LogP contribution in [0.5, 0.6) is 0 Å². The minimum absolute atomic E-state index is 0.105. The molecule has 108 valence electrons. The molecular weight excluding hydrogens is 317 g/mol. The number of nitrogens with one attached hydrogen (secondary N) is 2. The first-order chi connectivity index (χ1) is 9.95. The van der Waals surface area contributed by atoms with Gasteiger partial charge < -0.3 is 10.6 Å². The number of nitro benzene ring substituents is 1. The number of halogens is 2. The molecule has 0 aliphatic heterocycles. The fourth-order valence-electron chi connectivity index (χ4n) is 1.54. The summed E-state index contributed by atoms with van der Waals surface area (Å²) in [7, 11) is 0. The van der Waals surface area contributed by atoms with Gasteiger partial charge in [0.05, 0.1) is 15.6 Å². The van der Waals surface area contributed by atoms with Crippen molar-refractivity contribution in [1.82, 2.24) is 0 Å². The van der Waals surface area contributed by atoms with E-state index in [1.54, 1.807) is 0 Å². The summed E-state index contributed by atoms with van der Waals surface area (Å²) in [6, 6.07) is 9.57. The molecule has 0 bridgehead atoms. The Morgan fingerprint density at radius 1 is 1.19 bits per heavy atom. The summed E-state index contributed by atoms with van der Waals surface area (Å²) in [6.07, 6.45) is 0. The summed E-state index contributed by atoms with van der Waals surface area (Å²) in [4.78, 5) is 10.2. The Balaban J connectivity index is 2.10. The van der Waals surface area contributed by atoms with Crippen LogP contribution in [0, 0.1) is 15.9 Å². The predicted molar refractivity (Wildman–Crippen MR) is 84.3 cm³/mol. The predicted octanol–water partition coefficient (Wildman–Crippen LogP) is 4.20. The zero-order valence-electron chi connectivity index (χ0n) is 10.5. The van der Waals surface area contributed by atoms with Gasteiger partial charge in [0, 0.05) is 17.8 Å². The molecule has 0 aliphatic carbocycles. The van der Waals surface area contributed by atoms with Gasteiger partial charge in [-0.25, -0.2) is 4.39 Å². The number of hydrogen-bond acceptors (Lipinski definition) is 3. The molecule has 0 spiro atoms. The van der Waals surface area contributed by atoms with Crippen molar-refractivity contribution < 1.29 is 9.31 Å². The zero-order chi connectivity index (χ0) is 15.4. The molecule has 8 heteroatoms. The smallest absolute Gasteiger partial charge is 0.271 e. The number of nitrogens with zero attached hydrogens (tertiary/aromatic N) is 1. The van der Waals surface area contributed by atoms with E-state index in [0.717, 1.165) is 0 Å². The first-order valence-electron chi connectivity index (χ1n) is 5.73. The van der Waals surface area contributed by atoms with Crippen LogP contribution >= 0.6 is 23.8 Å². The van der Waals surface area contributed by atoms with Gasteiger partial charge in [-0.2, -0.15) is 0 Å². The topological polar surface area (TPSA) is 67.2 Å². The Kier molecular flexibility index (Phi) is 4.66. The molecule has 0 atom stereocenters. The average Bonchev–Trinajstić information content (AvgIpc) is 2.43. The quantitative estimate of drug-likeness (QED) is 0.503. The summed E-state index contributed by atoms with van der Waals surface area (Å²) in [5, 5.41) is 16.8. The standard InChI is InChI=1S/C13H9ClFN3O2S/c14-11-6-5-10(18(19)20)7-12(11)17-13(21)16-9-3-1-8(15)2-4-9/h1-7H,(H2,16,17,21). The third-order valence-corrected chi connectivity index (χ3v) is 3.04. The van der Waals surface area contributed by atoms with Crippen LogP contribution in [0.2, 0.25) is 5.02 Å². The third-order valence-electron chi connectivity index (χ3n) is 2.51. The van der Waals surface area contributed by atoms with Crippen molar-refractivity contribution in [2.24, 2.45) is 0 Å². The highest BCUT2D eigenvalue weighted by Gasteiger charge is 2.10. The van der Waals surface area contributed by atoms with Gasteiger partial charge in [0.25, 0.3) is 5.69 Å². The highest BCUT2D eigenvalue weighted by atomic mass is 35.5. The normalized spacial score (nSPS) is 10.0. The Morgan fingerprint density at radius 3 is 2.48 bits per heavy atom. The Hall–Kier alpha value is -2.25. The molecule has 0 radical (unpaired) electrons. The van der Waals surface area contributed by atoms with Crippen LogP contribution in [-0.4, -0.2) is 10.0 Å². The number of rotatable bonds is 3. The molecule has 2 aromatic carbocycles. The van der Waals surface area contributed by atoms with E-state index in [2.05, 4.69) is 10.6 Å². The van der Waals surface area contributed by atoms with Crippen molar-refractivity contribution in [3.63, 3.8) is 0 Å². The summed E-state index contributed by atoms with van der Waals surface area (Å²) in [6.45, 7) is 0. The molecular formula is C13H9ClFN3O2S. The molecule has 5 nitrogen and oxygen atoms in total. The van der Waals surface area contributed by atoms with Crippen molar-refractivity contribution in [2.45, 2.75) is 0 Å². The maximum Gasteiger partial charge on any atom is 0.271 e. The summed E-state index contributed by atoms with van der Waals surface area (Å²) >= 11 is 11.0. The second kappa shape index (κ2) is 6.47. The van der Waals surface area contributed by atoms with E-state index in [9.17, 15) is 14.5 Å². The largest absolute Gasteiger partial charge is 0.332 e. The van der Waals surface area contributed by atoms with Crippen molar-refractivity contribution >= 4 is 46.0 Å². The number of non-ortho nitro benzene ring substituents is 1. The van der Waals surface area contributed by atoms with Gasteiger partial charge >= 0.3 is 0 Å². The lowest BCUT2D eigenvalue weighted by atomic mass is 10.3. The van der Waals surface area contributed by atoms with Crippen LogP contribution in [0.1, 0.15) is 0 Å². The lowest BCUT2D eigenvalue weighted by Crippen LogP contribution is -2.19. The third kappa shape index (κ3) is 4.11. The molecule has 0 unspecified atom stereocenters. The molecule has 0 heterocycles. The Bertz CT molecular complexity index is 694. The van der Waals surface area contributed by atoms with Gasteiger partial charge in [-0.3, -0.25) is 10.1 Å². The fourth-order valence-corrected chi connectivity index (χ4v) is 1.93. The molecule has 2 aromatic rings. The van der Waals surface area contributed by atoms with Crippen LogP contribution in [0.3, 0.4) is 0 Å². The first kappa shape index (κ1) is 15.1. The minimum atomic E-state index is -0.530. The summed E-state index contributed by atoms with van der Waals surface area (Å²) < 4.78 is 12.8. The average molecular weight is 326 g/mol. The van der Waals surface area contributed by atoms with E-state index < -0.39 is 4.92 Å². The number of benzene rings is 2. The molecule has 0 aliphatic rings. The van der Waals surface area contributed by atoms with Crippen molar-refractivity contribution in [3.8, 4) is 0 Å². The lowest BCUT2D eigenvalue weighted by molar-refractivity contribution is -0.384. The number of hydrogen-bond donors (Lipinski definition) is 2. The molecule has 2 N–H and O–H groups in total. The van der Waals surface area contributed by atoms with E-state index in [1.165, 1.54) is 42.5 Å². The maximum absolute atomic E-state index is 12.8. The number of nitro groups is 1. The Morgan fingerprint density at radius 2 is 1.86 bits per heavy atom. The van der Waals surface area contributed by atoms with Crippen LogP contribution in [0.4, 0.5) is 21.5 Å². The molecule has 0 amide bonds. The number of anilines is 2. The maximum atomic E-state index is 12.8. The monoisotopic (exact) mass is 325 g/mol. The van der Waals surface area contributed by atoms with Gasteiger partial charge in [-0.1, -0.05) is 11.6 Å². The van der Waals surface area contributed by atoms with Crippen LogP contribution in [-0.2, 0) is 0 Å². The molecule has 21 heavy (non-hydrogen) atoms. The minimum Gasteiger partial charge on any atom is -0.332 e.